The third-order valence-electron chi connectivity index (χ3n) is 1.49. The van der Waals surface area contributed by atoms with E-state index in [1.54, 1.807) is 0 Å². The summed E-state index contributed by atoms with van der Waals surface area (Å²) in [4.78, 5) is 5.05. The molecule has 54 valence electrons. The lowest BCUT2D eigenvalue weighted by Crippen LogP contribution is -2.65. The Morgan fingerprint density at radius 2 is 2.33 bits per heavy atom. The van der Waals surface area contributed by atoms with Gasteiger partial charge in [0.25, 0.3) is 0 Å². The molecule has 0 aromatic carbocycles. The Bertz CT molecular complexity index is 91.1. The highest BCUT2D eigenvalue weighted by Gasteiger charge is 2.31. The lowest BCUT2D eigenvalue weighted by atomic mass is 9.97. The second-order valence-corrected chi connectivity index (χ2v) is 2.70. The zero-order valence-corrected chi connectivity index (χ0v) is 6.03. The zero-order chi connectivity index (χ0) is 6.74. The maximum absolute atomic E-state index is 5.05. The molecule has 1 heterocycles. The topological polar surface area (TPSA) is 33.3 Å². The molecule has 1 rings (SSSR count). The van der Waals surface area contributed by atoms with Crippen LogP contribution in [0.3, 0.4) is 0 Å². The van der Waals surface area contributed by atoms with Crippen molar-refractivity contribution in [1.29, 1.82) is 0 Å². The van der Waals surface area contributed by atoms with Gasteiger partial charge in [0.2, 0.25) is 0 Å². The van der Waals surface area contributed by atoms with Gasteiger partial charge in [0.15, 0.2) is 0 Å². The van der Waals surface area contributed by atoms with Crippen LogP contribution in [0.1, 0.15) is 13.8 Å². The Kier molecular flexibility index (Phi) is 2.05. The summed E-state index contributed by atoms with van der Waals surface area (Å²) in [6, 6.07) is 0. The van der Waals surface area contributed by atoms with Gasteiger partial charge in [0.05, 0.1) is 12.1 Å². The van der Waals surface area contributed by atoms with Gasteiger partial charge < -0.3 is 10.2 Å². The molecule has 3 heteroatoms. The zero-order valence-electron chi connectivity index (χ0n) is 6.03. The largest absolute Gasteiger partial charge is 0.313 e. The highest BCUT2D eigenvalue weighted by molar-refractivity contribution is 4.93. The van der Waals surface area contributed by atoms with Gasteiger partial charge in [-0.2, -0.15) is 5.48 Å². The summed E-state index contributed by atoms with van der Waals surface area (Å²) in [5, 5.41) is 3.17. The molecule has 0 spiro atoms. The van der Waals surface area contributed by atoms with Crippen LogP contribution in [0.25, 0.3) is 0 Å². The molecule has 1 aliphatic heterocycles. The number of hydrogen-bond donors (Lipinski definition) is 2. The Hall–Kier alpha value is -0.120. The van der Waals surface area contributed by atoms with E-state index in [1.165, 1.54) is 0 Å². The molecule has 2 N–H and O–H groups in total. The van der Waals surface area contributed by atoms with Crippen LogP contribution in [0.2, 0.25) is 0 Å². The minimum absolute atomic E-state index is 0.190. The first kappa shape index (κ1) is 6.99. The predicted octanol–water partition coefficient (Wildman–Crippen LogP) is -0.111. The van der Waals surface area contributed by atoms with E-state index in [4.69, 9.17) is 4.84 Å². The van der Waals surface area contributed by atoms with Gasteiger partial charge in [-0.05, 0) is 13.8 Å². The van der Waals surface area contributed by atoms with E-state index < -0.39 is 0 Å². The van der Waals surface area contributed by atoms with Gasteiger partial charge in [-0.3, -0.25) is 0 Å². The molecule has 0 bridgehead atoms. The van der Waals surface area contributed by atoms with E-state index >= 15 is 0 Å². The minimum atomic E-state index is 0.190. The fourth-order valence-corrected chi connectivity index (χ4v) is 0.819. The second-order valence-electron chi connectivity index (χ2n) is 2.70. The summed E-state index contributed by atoms with van der Waals surface area (Å²) < 4.78 is 0. The first-order valence-electron chi connectivity index (χ1n) is 3.36. The van der Waals surface area contributed by atoms with E-state index in [2.05, 4.69) is 17.7 Å². The van der Waals surface area contributed by atoms with Gasteiger partial charge in [-0.1, -0.05) is 0 Å². The summed E-state index contributed by atoms with van der Waals surface area (Å²) in [5.74, 6) is 0. The molecular weight excluding hydrogens is 116 g/mol. The average Bonchev–Trinajstić information content (AvgIpc) is 1.79. The Balaban J connectivity index is 2.09. The third kappa shape index (κ3) is 1.64. The standard InChI is InChI=1S/C6H14N2O/c1-3-9-8-6(2)4-7-5-6/h7-8H,3-5H2,1-2H3. The SMILES string of the molecule is CCONC1(C)CNC1. The highest BCUT2D eigenvalue weighted by atomic mass is 16.6. The quantitative estimate of drug-likeness (QED) is 0.523. The van der Waals surface area contributed by atoms with Crippen molar-refractivity contribution in [2.45, 2.75) is 19.4 Å². The number of nitrogens with one attached hydrogen (secondary N) is 2. The van der Waals surface area contributed by atoms with E-state index in [-0.39, 0.29) is 5.54 Å². The molecule has 0 amide bonds. The van der Waals surface area contributed by atoms with Crippen molar-refractivity contribution in [1.82, 2.24) is 10.8 Å². The maximum Gasteiger partial charge on any atom is 0.0654 e. The Morgan fingerprint density at radius 1 is 1.67 bits per heavy atom. The van der Waals surface area contributed by atoms with Gasteiger partial charge in [0.1, 0.15) is 0 Å². The fourth-order valence-electron chi connectivity index (χ4n) is 0.819. The van der Waals surface area contributed by atoms with Gasteiger partial charge >= 0.3 is 0 Å². The maximum atomic E-state index is 5.05. The second kappa shape index (κ2) is 2.64. The molecule has 0 atom stereocenters. The van der Waals surface area contributed by atoms with E-state index in [1.807, 2.05) is 6.92 Å². The van der Waals surface area contributed by atoms with Crippen LogP contribution in [0, 0.1) is 0 Å². The van der Waals surface area contributed by atoms with Crippen molar-refractivity contribution in [3.8, 4) is 0 Å². The number of rotatable bonds is 3. The Morgan fingerprint density at radius 3 is 2.67 bits per heavy atom. The van der Waals surface area contributed by atoms with Crippen molar-refractivity contribution in [3.63, 3.8) is 0 Å². The molecule has 1 aliphatic rings. The van der Waals surface area contributed by atoms with Crippen molar-refractivity contribution in [3.05, 3.63) is 0 Å². The van der Waals surface area contributed by atoms with E-state index in [0.717, 1.165) is 19.7 Å². The summed E-state index contributed by atoms with van der Waals surface area (Å²) in [7, 11) is 0. The molecule has 0 aromatic rings. The van der Waals surface area contributed by atoms with Crippen molar-refractivity contribution in [2.75, 3.05) is 19.7 Å². The molecule has 1 fully saturated rings. The van der Waals surface area contributed by atoms with Crippen molar-refractivity contribution >= 4 is 0 Å². The average molecular weight is 130 g/mol. The molecule has 0 saturated carbocycles. The first-order chi connectivity index (χ1) is 4.27. The van der Waals surface area contributed by atoms with Crippen molar-refractivity contribution in [2.24, 2.45) is 0 Å². The summed E-state index contributed by atoms with van der Waals surface area (Å²) in [6.45, 7) is 6.86. The summed E-state index contributed by atoms with van der Waals surface area (Å²) >= 11 is 0. The molecule has 0 aromatic heterocycles. The van der Waals surface area contributed by atoms with E-state index in [9.17, 15) is 0 Å². The highest BCUT2D eigenvalue weighted by Crippen LogP contribution is 2.07. The molecule has 1 saturated heterocycles. The Labute approximate surface area is 55.7 Å². The molecule has 0 radical (unpaired) electrons. The van der Waals surface area contributed by atoms with E-state index in [0.29, 0.717) is 0 Å². The molecule has 0 unspecified atom stereocenters. The fraction of sp³-hybridized carbons (Fsp3) is 1.00. The van der Waals surface area contributed by atoms with Crippen molar-refractivity contribution < 1.29 is 4.84 Å². The monoisotopic (exact) mass is 130 g/mol. The molecule has 9 heavy (non-hydrogen) atoms. The lowest BCUT2D eigenvalue weighted by Gasteiger charge is -2.39. The van der Waals surface area contributed by atoms with Crippen LogP contribution in [-0.4, -0.2) is 25.2 Å². The number of hydrogen-bond acceptors (Lipinski definition) is 3. The van der Waals surface area contributed by atoms with Crippen LogP contribution in [0.4, 0.5) is 0 Å². The lowest BCUT2D eigenvalue weighted by molar-refractivity contribution is -0.0297. The van der Waals surface area contributed by atoms with Crippen LogP contribution in [0.5, 0.6) is 0 Å². The summed E-state index contributed by atoms with van der Waals surface area (Å²) in [5.41, 5.74) is 3.17. The molecule has 3 nitrogen and oxygen atoms in total. The van der Waals surface area contributed by atoms with Crippen LogP contribution in [-0.2, 0) is 4.84 Å². The van der Waals surface area contributed by atoms with Crippen LogP contribution >= 0.6 is 0 Å². The smallest absolute Gasteiger partial charge is 0.0654 e. The van der Waals surface area contributed by atoms with Gasteiger partial charge in [0, 0.05) is 13.1 Å². The van der Waals surface area contributed by atoms with Crippen LogP contribution in [0.15, 0.2) is 0 Å². The first-order valence-corrected chi connectivity index (χ1v) is 3.36. The normalized spacial score (nSPS) is 23.3. The molecular formula is C6H14N2O. The third-order valence-corrected chi connectivity index (χ3v) is 1.49. The summed E-state index contributed by atoms with van der Waals surface area (Å²) in [6.07, 6.45) is 0. The number of hydroxylamine groups is 1. The van der Waals surface area contributed by atoms with Crippen LogP contribution < -0.4 is 10.8 Å². The minimum Gasteiger partial charge on any atom is -0.313 e. The predicted molar refractivity (Wildman–Crippen MR) is 36.0 cm³/mol. The molecule has 0 aliphatic carbocycles. The van der Waals surface area contributed by atoms with Gasteiger partial charge in [-0.15, -0.1) is 0 Å². The van der Waals surface area contributed by atoms with Gasteiger partial charge in [-0.25, -0.2) is 0 Å².